The first-order valence-corrected chi connectivity index (χ1v) is 4.85. The first-order valence-electron chi connectivity index (χ1n) is 4.85. The average Bonchev–Trinajstić information content (AvgIpc) is 2.18. The van der Waals surface area contributed by atoms with E-state index < -0.39 is 0 Å². The molecule has 0 aromatic rings. The van der Waals surface area contributed by atoms with Crippen molar-refractivity contribution in [2.24, 2.45) is 5.92 Å². The van der Waals surface area contributed by atoms with E-state index in [-0.39, 0.29) is 18.7 Å². The van der Waals surface area contributed by atoms with Crippen molar-refractivity contribution in [1.29, 1.82) is 0 Å². The van der Waals surface area contributed by atoms with Gasteiger partial charge in [-0.15, -0.1) is 0 Å². The lowest BCUT2D eigenvalue weighted by Crippen LogP contribution is -2.43. The molecule has 1 aliphatic rings. The maximum Gasteiger partial charge on any atom is 0.314 e. The van der Waals surface area contributed by atoms with Gasteiger partial charge in [0.05, 0.1) is 0 Å². The Labute approximate surface area is 78.7 Å². The summed E-state index contributed by atoms with van der Waals surface area (Å²) in [6.45, 7) is 0.242. The average molecular weight is 186 g/mol. The minimum Gasteiger partial charge on any atom is -0.396 e. The Kier molecular flexibility index (Phi) is 4.02. The molecule has 0 spiro atoms. The number of aliphatic hydroxyl groups excluding tert-OH is 1. The first kappa shape index (κ1) is 10.3. The Morgan fingerprint density at radius 1 is 1.54 bits per heavy atom. The van der Waals surface area contributed by atoms with Crippen LogP contribution >= 0.6 is 0 Å². The van der Waals surface area contributed by atoms with Gasteiger partial charge in [0.15, 0.2) is 0 Å². The highest BCUT2D eigenvalue weighted by Crippen LogP contribution is 2.23. The molecule has 4 heteroatoms. The molecule has 2 atom stereocenters. The molecule has 1 fully saturated rings. The van der Waals surface area contributed by atoms with E-state index >= 15 is 0 Å². The molecule has 0 bridgehead atoms. The van der Waals surface area contributed by atoms with Crippen molar-refractivity contribution in [1.82, 2.24) is 10.6 Å². The molecule has 2 amide bonds. The second-order valence-corrected chi connectivity index (χ2v) is 3.64. The van der Waals surface area contributed by atoms with Gasteiger partial charge in [0.1, 0.15) is 0 Å². The Balaban J connectivity index is 2.29. The van der Waals surface area contributed by atoms with Crippen molar-refractivity contribution in [3.8, 4) is 0 Å². The van der Waals surface area contributed by atoms with Gasteiger partial charge in [-0.05, 0) is 25.2 Å². The van der Waals surface area contributed by atoms with E-state index in [9.17, 15) is 4.79 Å². The van der Waals surface area contributed by atoms with E-state index in [1.807, 2.05) is 0 Å². The summed E-state index contributed by atoms with van der Waals surface area (Å²) in [5.41, 5.74) is 0. The lowest BCUT2D eigenvalue weighted by Gasteiger charge is -2.28. The highest BCUT2D eigenvalue weighted by atomic mass is 16.3. The van der Waals surface area contributed by atoms with Crippen LogP contribution in [0.25, 0.3) is 0 Å². The summed E-state index contributed by atoms with van der Waals surface area (Å²) in [6, 6.07) is 0.120. The van der Waals surface area contributed by atoms with Crippen molar-refractivity contribution in [2.75, 3.05) is 13.7 Å². The van der Waals surface area contributed by atoms with E-state index in [1.165, 1.54) is 0 Å². The predicted octanol–water partition coefficient (Wildman–Crippen LogP) is 0.466. The zero-order valence-electron chi connectivity index (χ0n) is 8.05. The molecule has 2 unspecified atom stereocenters. The fourth-order valence-corrected chi connectivity index (χ4v) is 1.85. The monoisotopic (exact) mass is 186 g/mol. The molecular weight excluding hydrogens is 168 g/mol. The molecule has 1 saturated carbocycles. The molecule has 13 heavy (non-hydrogen) atoms. The molecule has 3 N–H and O–H groups in total. The standard InChI is InChI=1S/C9H18N2O2/c1-10-9(13)11-8-4-2-3-7(5-8)6-12/h7-8,12H,2-6H2,1H3,(H2,10,11,13). The summed E-state index contributed by atoms with van der Waals surface area (Å²) in [6.07, 6.45) is 4.12. The van der Waals surface area contributed by atoms with Gasteiger partial charge in [-0.1, -0.05) is 6.42 Å². The van der Waals surface area contributed by atoms with Gasteiger partial charge in [-0.3, -0.25) is 0 Å². The summed E-state index contributed by atoms with van der Waals surface area (Å²) in [5.74, 6) is 0.371. The van der Waals surface area contributed by atoms with Crippen LogP contribution in [0.1, 0.15) is 25.7 Å². The summed E-state index contributed by atoms with van der Waals surface area (Å²) in [4.78, 5) is 11.0. The maximum atomic E-state index is 11.0. The molecule has 4 nitrogen and oxygen atoms in total. The number of hydrogen-bond acceptors (Lipinski definition) is 2. The van der Waals surface area contributed by atoms with Crippen LogP contribution in [0.2, 0.25) is 0 Å². The van der Waals surface area contributed by atoms with Crippen LogP contribution in [0, 0.1) is 5.92 Å². The molecule has 1 aliphatic carbocycles. The third-order valence-corrected chi connectivity index (χ3v) is 2.60. The maximum absolute atomic E-state index is 11.0. The van der Waals surface area contributed by atoms with Gasteiger partial charge >= 0.3 is 6.03 Å². The molecule has 0 radical (unpaired) electrons. The number of aliphatic hydroxyl groups is 1. The van der Waals surface area contributed by atoms with E-state index in [0.29, 0.717) is 5.92 Å². The zero-order valence-corrected chi connectivity index (χ0v) is 8.05. The van der Waals surface area contributed by atoms with Crippen molar-refractivity contribution in [2.45, 2.75) is 31.7 Å². The van der Waals surface area contributed by atoms with Gasteiger partial charge in [-0.2, -0.15) is 0 Å². The summed E-state index contributed by atoms with van der Waals surface area (Å²) in [7, 11) is 1.61. The lowest BCUT2D eigenvalue weighted by molar-refractivity contribution is 0.170. The van der Waals surface area contributed by atoms with Crippen LogP contribution in [0.5, 0.6) is 0 Å². The zero-order chi connectivity index (χ0) is 9.68. The van der Waals surface area contributed by atoms with Crippen molar-refractivity contribution < 1.29 is 9.90 Å². The van der Waals surface area contributed by atoms with Gasteiger partial charge < -0.3 is 15.7 Å². The predicted molar refractivity (Wildman–Crippen MR) is 50.4 cm³/mol. The quantitative estimate of drug-likeness (QED) is 0.587. The highest BCUT2D eigenvalue weighted by Gasteiger charge is 2.22. The van der Waals surface area contributed by atoms with Gasteiger partial charge in [0.25, 0.3) is 0 Å². The summed E-state index contributed by atoms with van der Waals surface area (Å²) >= 11 is 0. The Morgan fingerprint density at radius 3 is 2.92 bits per heavy atom. The Hall–Kier alpha value is -0.770. The number of carbonyl (C=O) groups excluding carboxylic acids is 1. The molecule has 76 valence electrons. The van der Waals surface area contributed by atoms with Crippen LogP contribution in [0.3, 0.4) is 0 Å². The second-order valence-electron chi connectivity index (χ2n) is 3.64. The highest BCUT2D eigenvalue weighted by molar-refractivity contribution is 5.73. The second kappa shape index (κ2) is 5.07. The minimum absolute atomic E-state index is 0.122. The van der Waals surface area contributed by atoms with Crippen LogP contribution in [-0.4, -0.2) is 30.8 Å². The summed E-state index contributed by atoms with van der Waals surface area (Å²) in [5, 5.41) is 14.4. The number of nitrogens with one attached hydrogen (secondary N) is 2. The van der Waals surface area contributed by atoms with E-state index in [0.717, 1.165) is 25.7 Å². The topological polar surface area (TPSA) is 61.4 Å². The van der Waals surface area contributed by atoms with Crippen LogP contribution in [-0.2, 0) is 0 Å². The smallest absolute Gasteiger partial charge is 0.314 e. The van der Waals surface area contributed by atoms with E-state index in [1.54, 1.807) is 7.05 Å². The van der Waals surface area contributed by atoms with E-state index in [2.05, 4.69) is 10.6 Å². The largest absolute Gasteiger partial charge is 0.396 e. The lowest BCUT2D eigenvalue weighted by atomic mass is 9.86. The third-order valence-electron chi connectivity index (χ3n) is 2.60. The normalized spacial score (nSPS) is 28.2. The molecule has 0 heterocycles. The summed E-state index contributed by atoms with van der Waals surface area (Å²) < 4.78 is 0. The van der Waals surface area contributed by atoms with Crippen LogP contribution in [0.15, 0.2) is 0 Å². The number of urea groups is 1. The van der Waals surface area contributed by atoms with Crippen molar-refractivity contribution >= 4 is 6.03 Å². The van der Waals surface area contributed by atoms with E-state index in [4.69, 9.17) is 5.11 Å². The molecule has 1 rings (SSSR count). The molecule has 0 aromatic heterocycles. The number of amides is 2. The molecule has 0 saturated heterocycles. The number of carbonyl (C=O) groups is 1. The minimum atomic E-state index is -0.122. The van der Waals surface area contributed by atoms with Crippen molar-refractivity contribution in [3.63, 3.8) is 0 Å². The van der Waals surface area contributed by atoms with Gasteiger partial charge in [0.2, 0.25) is 0 Å². The first-order chi connectivity index (χ1) is 6.26. The molecule has 0 aliphatic heterocycles. The number of rotatable bonds is 2. The third kappa shape index (κ3) is 3.22. The Bertz CT molecular complexity index is 173. The SMILES string of the molecule is CNC(=O)NC1CCCC(CO)C1. The fraction of sp³-hybridized carbons (Fsp3) is 0.889. The van der Waals surface area contributed by atoms with Crippen LogP contribution < -0.4 is 10.6 Å². The van der Waals surface area contributed by atoms with Gasteiger partial charge in [-0.25, -0.2) is 4.79 Å². The number of hydrogen-bond donors (Lipinski definition) is 3. The van der Waals surface area contributed by atoms with Gasteiger partial charge in [0, 0.05) is 19.7 Å². The fourth-order valence-electron chi connectivity index (χ4n) is 1.85. The van der Waals surface area contributed by atoms with Crippen molar-refractivity contribution in [3.05, 3.63) is 0 Å². The molecule has 0 aromatic carbocycles. The molecular formula is C9H18N2O2. The van der Waals surface area contributed by atoms with Crippen LogP contribution in [0.4, 0.5) is 4.79 Å². The Morgan fingerprint density at radius 2 is 2.31 bits per heavy atom.